The minimum Gasteiger partial charge on any atom is -0.427 e. The standard InChI is InChI=1S/C13H14FO2/c1-4-11-5-12(9(2)8-14)7-13(6-11)16-10(3)15/h4-7,9H,1-2,8H2,3H3. The summed E-state index contributed by atoms with van der Waals surface area (Å²) < 4.78 is 17.5. The van der Waals surface area contributed by atoms with Gasteiger partial charge in [-0.05, 0) is 30.2 Å². The van der Waals surface area contributed by atoms with E-state index in [1.807, 2.05) is 0 Å². The molecule has 0 N–H and O–H groups in total. The van der Waals surface area contributed by atoms with Crippen LogP contribution in [0.15, 0.2) is 24.8 Å². The Kier molecular flexibility index (Phi) is 4.23. The topological polar surface area (TPSA) is 26.3 Å². The van der Waals surface area contributed by atoms with E-state index in [0.29, 0.717) is 11.3 Å². The van der Waals surface area contributed by atoms with Crippen LogP contribution in [0.5, 0.6) is 5.75 Å². The lowest BCUT2D eigenvalue weighted by Gasteiger charge is -2.10. The maximum Gasteiger partial charge on any atom is 0.308 e. The summed E-state index contributed by atoms with van der Waals surface area (Å²) in [6, 6.07) is 5.06. The molecule has 1 rings (SSSR count). The summed E-state index contributed by atoms with van der Waals surface area (Å²) in [5, 5.41) is 0. The first-order chi connectivity index (χ1) is 7.56. The van der Waals surface area contributed by atoms with Crippen molar-refractivity contribution in [2.45, 2.75) is 12.8 Å². The van der Waals surface area contributed by atoms with E-state index in [1.165, 1.54) is 6.92 Å². The van der Waals surface area contributed by atoms with Crippen molar-refractivity contribution in [1.29, 1.82) is 0 Å². The van der Waals surface area contributed by atoms with Gasteiger partial charge in [0.2, 0.25) is 0 Å². The SMILES string of the molecule is [CH2]C(CF)c1cc(C=C)cc(OC(C)=O)c1. The highest BCUT2D eigenvalue weighted by Crippen LogP contribution is 2.24. The number of hydrogen-bond donors (Lipinski definition) is 0. The number of ether oxygens (including phenoxy) is 1. The molecule has 0 saturated carbocycles. The molecule has 0 aliphatic carbocycles. The predicted molar refractivity (Wildman–Crippen MR) is 61.9 cm³/mol. The fourth-order valence-corrected chi connectivity index (χ4v) is 1.31. The van der Waals surface area contributed by atoms with Gasteiger partial charge in [-0.1, -0.05) is 18.7 Å². The van der Waals surface area contributed by atoms with Crippen LogP contribution in [-0.2, 0) is 4.79 Å². The normalized spacial score (nSPS) is 11.9. The van der Waals surface area contributed by atoms with Gasteiger partial charge in [0.15, 0.2) is 0 Å². The molecule has 85 valence electrons. The maximum atomic E-state index is 12.5. The second kappa shape index (κ2) is 5.45. The first-order valence-corrected chi connectivity index (χ1v) is 4.91. The fourth-order valence-electron chi connectivity index (χ4n) is 1.31. The van der Waals surface area contributed by atoms with Crippen LogP contribution < -0.4 is 4.74 Å². The predicted octanol–water partition coefficient (Wildman–Crippen LogP) is 3.14. The summed E-state index contributed by atoms with van der Waals surface area (Å²) in [5.41, 5.74) is 1.46. The summed E-state index contributed by atoms with van der Waals surface area (Å²) in [5.74, 6) is -0.482. The third kappa shape index (κ3) is 3.19. The number of alkyl halides is 1. The van der Waals surface area contributed by atoms with Crippen molar-refractivity contribution in [3.63, 3.8) is 0 Å². The Morgan fingerprint density at radius 2 is 2.25 bits per heavy atom. The smallest absolute Gasteiger partial charge is 0.308 e. The molecular formula is C13H14FO2. The summed E-state index contributed by atoms with van der Waals surface area (Å²) in [7, 11) is 0. The lowest BCUT2D eigenvalue weighted by atomic mass is 10.00. The number of carbonyl (C=O) groups is 1. The molecule has 0 heterocycles. The van der Waals surface area contributed by atoms with Gasteiger partial charge in [-0.2, -0.15) is 0 Å². The van der Waals surface area contributed by atoms with E-state index < -0.39 is 18.6 Å². The summed E-state index contributed by atoms with van der Waals surface area (Å²) in [6.07, 6.45) is 1.61. The average Bonchev–Trinajstić information content (AvgIpc) is 2.26. The number of benzene rings is 1. The molecule has 0 bridgehead atoms. The highest BCUT2D eigenvalue weighted by atomic mass is 19.1. The Labute approximate surface area is 94.7 Å². The van der Waals surface area contributed by atoms with E-state index in [9.17, 15) is 9.18 Å². The molecular weight excluding hydrogens is 207 g/mol. The molecule has 0 saturated heterocycles. The molecule has 0 spiro atoms. The summed E-state index contributed by atoms with van der Waals surface area (Å²) >= 11 is 0. The Morgan fingerprint density at radius 1 is 1.56 bits per heavy atom. The second-order valence-electron chi connectivity index (χ2n) is 3.48. The van der Waals surface area contributed by atoms with Crippen LogP contribution >= 0.6 is 0 Å². The molecule has 0 aromatic heterocycles. The molecule has 1 radical (unpaired) electrons. The average molecular weight is 221 g/mol. The third-order valence-corrected chi connectivity index (χ3v) is 2.11. The van der Waals surface area contributed by atoms with Crippen LogP contribution in [0.25, 0.3) is 6.08 Å². The van der Waals surface area contributed by atoms with Gasteiger partial charge >= 0.3 is 5.97 Å². The van der Waals surface area contributed by atoms with E-state index in [2.05, 4.69) is 13.5 Å². The van der Waals surface area contributed by atoms with E-state index in [0.717, 1.165) is 5.56 Å². The third-order valence-electron chi connectivity index (χ3n) is 2.11. The van der Waals surface area contributed by atoms with Crippen molar-refractivity contribution < 1.29 is 13.9 Å². The Morgan fingerprint density at radius 3 is 2.75 bits per heavy atom. The lowest BCUT2D eigenvalue weighted by molar-refractivity contribution is -0.131. The van der Waals surface area contributed by atoms with Crippen LogP contribution in [0.2, 0.25) is 0 Å². The van der Waals surface area contributed by atoms with Crippen LogP contribution in [0.3, 0.4) is 0 Å². The molecule has 2 nitrogen and oxygen atoms in total. The van der Waals surface area contributed by atoms with Gasteiger partial charge in [0.1, 0.15) is 5.75 Å². The largest absolute Gasteiger partial charge is 0.427 e. The van der Waals surface area contributed by atoms with Crippen molar-refractivity contribution >= 4 is 12.0 Å². The Hall–Kier alpha value is -1.64. The summed E-state index contributed by atoms with van der Waals surface area (Å²) in [4.78, 5) is 10.8. The molecule has 1 unspecified atom stereocenters. The molecule has 16 heavy (non-hydrogen) atoms. The molecule has 0 aliphatic heterocycles. The zero-order valence-corrected chi connectivity index (χ0v) is 9.20. The van der Waals surface area contributed by atoms with Crippen molar-refractivity contribution in [3.8, 4) is 5.75 Å². The Bertz CT molecular complexity index is 399. The zero-order chi connectivity index (χ0) is 12.1. The van der Waals surface area contributed by atoms with Crippen molar-refractivity contribution in [1.82, 2.24) is 0 Å². The molecule has 1 aromatic carbocycles. The molecule has 0 aliphatic rings. The zero-order valence-electron chi connectivity index (χ0n) is 9.20. The maximum absolute atomic E-state index is 12.5. The van der Waals surface area contributed by atoms with E-state index in [4.69, 9.17) is 4.74 Å². The second-order valence-corrected chi connectivity index (χ2v) is 3.48. The van der Waals surface area contributed by atoms with Crippen molar-refractivity contribution in [2.24, 2.45) is 0 Å². The quantitative estimate of drug-likeness (QED) is 0.576. The number of hydrogen-bond acceptors (Lipinski definition) is 2. The fraction of sp³-hybridized carbons (Fsp3) is 0.231. The van der Waals surface area contributed by atoms with Crippen LogP contribution in [0.4, 0.5) is 4.39 Å². The van der Waals surface area contributed by atoms with E-state index >= 15 is 0 Å². The first kappa shape index (κ1) is 12.4. The van der Waals surface area contributed by atoms with Gasteiger partial charge in [0.25, 0.3) is 0 Å². The number of halogens is 1. The van der Waals surface area contributed by atoms with Gasteiger partial charge in [-0.25, -0.2) is 0 Å². The van der Waals surface area contributed by atoms with E-state index in [1.54, 1.807) is 24.3 Å². The minimum absolute atomic E-state index is 0.391. The van der Waals surface area contributed by atoms with Crippen molar-refractivity contribution in [2.75, 3.05) is 6.67 Å². The number of esters is 1. The molecule has 1 aromatic rings. The summed E-state index contributed by atoms with van der Waals surface area (Å²) in [6.45, 7) is 8.06. The molecule has 1 atom stereocenters. The molecule has 0 fully saturated rings. The van der Waals surface area contributed by atoms with Gasteiger partial charge in [0, 0.05) is 12.8 Å². The van der Waals surface area contributed by atoms with E-state index in [-0.39, 0.29) is 0 Å². The monoisotopic (exact) mass is 221 g/mol. The molecule has 3 heteroatoms. The highest BCUT2D eigenvalue weighted by Gasteiger charge is 2.09. The molecule has 0 amide bonds. The minimum atomic E-state index is -0.555. The lowest BCUT2D eigenvalue weighted by Crippen LogP contribution is -2.03. The Balaban J connectivity index is 3.09. The van der Waals surface area contributed by atoms with Gasteiger partial charge in [0.05, 0.1) is 6.67 Å². The number of carbonyl (C=O) groups excluding carboxylic acids is 1. The van der Waals surface area contributed by atoms with Crippen LogP contribution in [0.1, 0.15) is 24.0 Å². The van der Waals surface area contributed by atoms with Crippen LogP contribution in [-0.4, -0.2) is 12.6 Å². The van der Waals surface area contributed by atoms with Crippen molar-refractivity contribution in [3.05, 3.63) is 42.8 Å². The van der Waals surface area contributed by atoms with Gasteiger partial charge in [-0.3, -0.25) is 9.18 Å². The van der Waals surface area contributed by atoms with Crippen LogP contribution in [0, 0.1) is 6.92 Å². The van der Waals surface area contributed by atoms with Gasteiger partial charge < -0.3 is 4.74 Å². The van der Waals surface area contributed by atoms with Gasteiger partial charge in [-0.15, -0.1) is 0 Å². The highest BCUT2D eigenvalue weighted by molar-refractivity contribution is 5.70. The first-order valence-electron chi connectivity index (χ1n) is 4.91. The number of rotatable bonds is 4.